The van der Waals surface area contributed by atoms with Gasteiger partial charge in [-0.05, 0) is 35.8 Å². The van der Waals surface area contributed by atoms with Crippen LogP contribution < -0.4 is 5.32 Å². The van der Waals surface area contributed by atoms with Crippen LogP contribution in [0.15, 0.2) is 22.9 Å². The lowest BCUT2D eigenvalue weighted by molar-refractivity contribution is -0.130. The molecule has 1 aromatic heterocycles. The fraction of sp³-hybridized carbons (Fsp3) is 0.455. The van der Waals surface area contributed by atoms with Crippen LogP contribution in [0.25, 0.3) is 0 Å². The van der Waals surface area contributed by atoms with Crippen LogP contribution in [0.3, 0.4) is 0 Å². The van der Waals surface area contributed by atoms with Crippen molar-refractivity contribution in [2.24, 2.45) is 0 Å². The third-order valence-corrected chi connectivity index (χ3v) is 3.00. The van der Waals surface area contributed by atoms with Crippen molar-refractivity contribution in [1.29, 1.82) is 0 Å². The van der Waals surface area contributed by atoms with Crippen molar-refractivity contribution in [2.75, 3.05) is 18.9 Å². The summed E-state index contributed by atoms with van der Waals surface area (Å²) in [6.45, 7) is 4.51. The Bertz CT molecular complexity index is 370. The second kappa shape index (κ2) is 5.84. The molecular weight excluding hydrogens is 270 g/mol. The van der Waals surface area contributed by atoms with Crippen molar-refractivity contribution in [2.45, 2.75) is 19.9 Å². The van der Waals surface area contributed by atoms with E-state index in [2.05, 4.69) is 26.2 Å². The van der Waals surface area contributed by atoms with Crippen molar-refractivity contribution < 1.29 is 4.79 Å². The number of hydrogen-bond acceptors (Lipinski definition) is 3. The molecule has 0 aliphatic heterocycles. The molecule has 0 aliphatic carbocycles. The minimum Gasteiger partial charge on any atom is -0.373 e. The van der Waals surface area contributed by atoms with Crippen LogP contribution in [-0.4, -0.2) is 35.4 Å². The molecule has 16 heavy (non-hydrogen) atoms. The number of rotatable bonds is 4. The lowest BCUT2D eigenvalue weighted by atomic mass is 10.2. The van der Waals surface area contributed by atoms with Crippen LogP contribution in [0.2, 0.25) is 0 Å². The van der Waals surface area contributed by atoms with E-state index >= 15 is 0 Å². The van der Waals surface area contributed by atoms with E-state index in [4.69, 9.17) is 0 Å². The number of aromatic nitrogens is 1. The molecule has 0 spiro atoms. The van der Waals surface area contributed by atoms with Gasteiger partial charge in [0.2, 0.25) is 5.91 Å². The molecule has 0 radical (unpaired) electrons. The summed E-state index contributed by atoms with van der Waals surface area (Å²) in [5.74, 6) is 0.0752. The van der Waals surface area contributed by atoms with Crippen LogP contribution >= 0.6 is 15.9 Å². The first-order valence-electron chi connectivity index (χ1n) is 5.17. The maximum absolute atomic E-state index is 11.8. The molecule has 1 aromatic rings. The molecule has 0 bridgehead atoms. The van der Waals surface area contributed by atoms with E-state index in [0.717, 1.165) is 10.2 Å². The maximum Gasteiger partial charge on any atom is 0.244 e. The van der Waals surface area contributed by atoms with E-state index in [1.165, 1.54) is 0 Å². The van der Waals surface area contributed by atoms with Crippen molar-refractivity contribution in [3.05, 3.63) is 22.9 Å². The first-order chi connectivity index (χ1) is 7.56. The van der Waals surface area contributed by atoms with Crippen LogP contribution in [0.4, 0.5) is 5.69 Å². The number of pyridine rings is 1. The number of nitrogens with zero attached hydrogens (tertiary/aromatic N) is 2. The molecule has 1 N–H and O–H groups in total. The van der Waals surface area contributed by atoms with Crippen molar-refractivity contribution in [3.8, 4) is 0 Å². The smallest absolute Gasteiger partial charge is 0.244 e. The van der Waals surface area contributed by atoms with Gasteiger partial charge in [0.25, 0.3) is 0 Å². The zero-order chi connectivity index (χ0) is 12.1. The molecule has 1 unspecified atom stereocenters. The number of hydrogen-bond donors (Lipinski definition) is 1. The number of carbonyl (C=O) groups is 1. The summed E-state index contributed by atoms with van der Waals surface area (Å²) in [7, 11) is 1.79. The second-order valence-electron chi connectivity index (χ2n) is 3.57. The Morgan fingerprint density at radius 1 is 1.69 bits per heavy atom. The molecule has 1 amide bonds. The Labute approximate surface area is 104 Å². The van der Waals surface area contributed by atoms with E-state index in [0.29, 0.717) is 6.54 Å². The van der Waals surface area contributed by atoms with Gasteiger partial charge in [-0.3, -0.25) is 9.78 Å². The predicted molar refractivity (Wildman–Crippen MR) is 68.3 cm³/mol. The Hall–Kier alpha value is -1.10. The monoisotopic (exact) mass is 285 g/mol. The Kier molecular flexibility index (Phi) is 4.73. The highest BCUT2D eigenvalue weighted by Gasteiger charge is 2.16. The average Bonchev–Trinajstić information content (AvgIpc) is 2.30. The van der Waals surface area contributed by atoms with Gasteiger partial charge >= 0.3 is 0 Å². The zero-order valence-corrected chi connectivity index (χ0v) is 11.3. The molecule has 1 rings (SSSR count). The number of amides is 1. The molecule has 0 aromatic carbocycles. The fourth-order valence-corrected chi connectivity index (χ4v) is 1.64. The normalized spacial score (nSPS) is 12.0. The average molecular weight is 286 g/mol. The summed E-state index contributed by atoms with van der Waals surface area (Å²) >= 11 is 3.38. The topological polar surface area (TPSA) is 45.2 Å². The van der Waals surface area contributed by atoms with Gasteiger partial charge in [-0.25, -0.2) is 0 Å². The minimum absolute atomic E-state index is 0.0752. The molecule has 4 nitrogen and oxygen atoms in total. The van der Waals surface area contributed by atoms with Gasteiger partial charge in [-0.1, -0.05) is 0 Å². The van der Waals surface area contributed by atoms with Gasteiger partial charge in [0.15, 0.2) is 0 Å². The van der Waals surface area contributed by atoms with Crippen LogP contribution in [-0.2, 0) is 4.79 Å². The van der Waals surface area contributed by atoms with E-state index in [1.807, 2.05) is 19.9 Å². The number of nitrogens with one attached hydrogen (secondary N) is 1. The molecule has 1 atom stereocenters. The molecular formula is C11H16BrN3O. The van der Waals surface area contributed by atoms with E-state index in [-0.39, 0.29) is 11.9 Å². The lowest BCUT2D eigenvalue weighted by Gasteiger charge is -2.21. The first kappa shape index (κ1) is 13.0. The first-order valence-corrected chi connectivity index (χ1v) is 5.96. The maximum atomic E-state index is 11.8. The van der Waals surface area contributed by atoms with Crippen LogP contribution in [0.5, 0.6) is 0 Å². The van der Waals surface area contributed by atoms with Crippen molar-refractivity contribution in [3.63, 3.8) is 0 Å². The van der Waals surface area contributed by atoms with Gasteiger partial charge in [-0.15, -0.1) is 0 Å². The highest BCUT2D eigenvalue weighted by Crippen LogP contribution is 2.20. The number of halogens is 1. The highest BCUT2D eigenvalue weighted by molar-refractivity contribution is 9.10. The largest absolute Gasteiger partial charge is 0.373 e. The molecule has 1 heterocycles. The molecule has 0 saturated heterocycles. The number of likely N-dealkylation sites (N-methyl/N-ethyl adjacent to an activating group) is 1. The quantitative estimate of drug-likeness (QED) is 0.922. The summed E-state index contributed by atoms with van der Waals surface area (Å²) in [6, 6.07) is 1.59. The summed E-state index contributed by atoms with van der Waals surface area (Å²) in [6.07, 6.45) is 3.39. The summed E-state index contributed by atoms with van der Waals surface area (Å²) < 4.78 is 0.855. The summed E-state index contributed by atoms with van der Waals surface area (Å²) in [5, 5.41) is 3.15. The molecule has 0 saturated carbocycles. The Morgan fingerprint density at radius 2 is 2.38 bits per heavy atom. The standard InChI is InChI=1S/C11H16BrN3O/c1-4-15(3)11(16)8(2)14-10-5-6-13-7-9(10)12/h5-8H,4H2,1-3H3,(H,13,14). The SMILES string of the molecule is CCN(C)C(=O)C(C)Nc1ccncc1Br. The van der Waals surface area contributed by atoms with Gasteiger partial charge in [0, 0.05) is 26.0 Å². The van der Waals surface area contributed by atoms with E-state index < -0.39 is 0 Å². The van der Waals surface area contributed by atoms with Crippen molar-refractivity contribution >= 4 is 27.5 Å². The number of anilines is 1. The van der Waals surface area contributed by atoms with Crippen LogP contribution in [0, 0.1) is 0 Å². The van der Waals surface area contributed by atoms with Crippen molar-refractivity contribution in [1.82, 2.24) is 9.88 Å². The fourth-order valence-electron chi connectivity index (χ4n) is 1.27. The highest BCUT2D eigenvalue weighted by atomic mass is 79.9. The Morgan fingerprint density at radius 3 is 2.94 bits per heavy atom. The molecule has 0 aliphatic rings. The lowest BCUT2D eigenvalue weighted by Crippen LogP contribution is -2.38. The number of carbonyl (C=O) groups excluding carboxylic acids is 1. The molecule has 88 valence electrons. The Balaban J connectivity index is 2.68. The second-order valence-corrected chi connectivity index (χ2v) is 4.43. The minimum atomic E-state index is -0.247. The van der Waals surface area contributed by atoms with Gasteiger partial charge < -0.3 is 10.2 Å². The summed E-state index contributed by atoms with van der Waals surface area (Å²) in [5.41, 5.74) is 0.875. The zero-order valence-electron chi connectivity index (χ0n) is 9.70. The molecule has 0 fully saturated rings. The third-order valence-electron chi connectivity index (χ3n) is 2.37. The van der Waals surface area contributed by atoms with E-state index in [9.17, 15) is 4.79 Å². The third kappa shape index (κ3) is 3.20. The van der Waals surface area contributed by atoms with E-state index in [1.54, 1.807) is 24.3 Å². The van der Waals surface area contributed by atoms with Crippen LogP contribution in [0.1, 0.15) is 13.8 Å². The summed E-state index contributed by atoms with van der Waals surface area (Å²) in [4.78, 5) is 17.5. The van der Waals surface area contributed by atoms with Gasteiger partial charge in [0.05, 0.1) is 10.2 Å². The van der Waals surface area contributed by atoms with Gasteiger partial charge in [0.1, 0.15) is 6.04 Å². The predicted octanol–water partition coefficient (Wildman–Crippen LogP) is 2.12. The van der Waals surface area contributed by atoms with Gasteiger partial charge in [-0.2, -0.15) is 0 Å². The molecule has 5 heteroatoms.